The Morgan fingerprint density at radius 3 is 2.76 bits per heavy atom. The first-order valence-electron chi connectivity index (χ1n) is 7.27. The van der Waals surface area contributed by atoms with Gasteiger partial charge in [0, 0.05) is 17.8 Å². The van der Waals surface area contributed by atoms with Crippen LogP contribution in [0.5, 0.6) is 11.5 Å². The van der Waals surface area contributed by atoms with E-state index < -0.39 is 5.97 Å². The number of ether oxygens (including phenoxy) is 3. The van der Waals surface area contributed by atoms with E-state index in [1.807, 2.05) is 0 Å². The quantitative estimate of drug-likeness (QED) is 0.640. The van der Waals surface area contributed by atoms with E-state index >= 15 is 0 Å². The van der Waals surface area contributed by atoms with Crippen LogP contribution < -0.4 is 15.0 Å². The molecule has 0 aliphatic rings. The third-order valence-electron chi connectivity index (χ3n) is 3.37. The number of nitrogens with zero attached hydrogens (tertiary/aromatic N) is 3. The van der Waals surface area contributed by atoms with Crippen molar-refractivity contribution in [3.63, 3.8) is 0 Å². The Hall–Kier alpha value is -2.94. The minimum atomic E-state index is -0.560. The number of carbonyl (C=O) groups is 1. The number of esters is 1. The highest BCUT2D eigenvalue weighted by molar-refractivity contribution is 7.16. The van der Waals surface area contributed by atoms with Gasteiger partial charge in [-0.05, 0) is 19.1 Å². The number of benzene rings is 1. The predicted octanol–water partition coefficient (Wildman–Crippen LogP) is 1.83. The molecule has 9 heteroatoms. The van der Waals surface area contributed by atoms with Crippen LogP contribution in [0.15, 0.2) is 29.1 Å². The van der Waals surface area contributed by atoms with Crippen molar-refractivity contribution in [2.45, 2.75) is 13.5 Å². The number of carbonyl (C=O) groups excluding carboxylic acids is 1. The van der Waals surface area contributed by atoms with Crippen molar-refractivity contribution in [1.29, 1.82) is 0 Å². The Labute approximate surface area is 146 Å². The number of methoxy groups -OCH3 is 2. The average molecular weight is 361 g/mol. The molecule has 0 radical (unpaired) electrons. The van der Waals surface area contributed by atoms with E-state index in [0.717, 1.165) is 0 Å². The largest absolute Gasteiger partial charge is 0.497 e. The maximum Gasteiger partial charge on any atom is 0.342 e. The summed E-state index contributed by atoms with van der Waals surface area (Å²) >= 11 is 1.19. The Bertz CT molecular complexity index is 995. The first kappa shape index (κ1) is 16.9. The Morgan fingerprint density at radius 2 is 2.04 bits per heavy atom. The van der Waals surface area contributed by atoms with Crippen LogP contribution in [0.25, 0.3) is 4.96 Å². The molecule has 3 aromatic rings. The summed E-state index contributed by atoms with van der Waals surface area (Å²) in [4.78, 5) is 28.8. The molecular formula is C16H15N3O5S. The monoisotopic (exact) mass is 361 g/mol. The van der Waals surface area contributed by atoms with Gasteiger partial charge in [-0.1, -0.05) is 11.3 Å². The summed E-state index contributed by atoms with van der Waals surface area (Å²) in [6.45, 7) is 1.66. The Balaban J connectivity index is 1.79. The minimum absolute atomic E-state index is 0.0689. The summed E-state index contributed by atoms with van der Waals surface area (Å²) in [5, 5.41) is 4.59. The van der Waals surface area contributed by atoms with Gasteiger partial charge >= 0.3 is 5.97 Å². The van der Waals surface area contributed by atoms with Crippen molar-refractivity contribution in [2.75, 3.05) is 14.2 Å². The van der Waals surface area contributed by atoms with Gasteiger partial charge in [0.2, 0.25) is 4.96 Å². The maximum atomic E-state index is 12.3. The van der Waals surface area contributed by atoms with Crippen molar-refractivity contribution >= 4 is 22.3 Å². The zero-order valence-electron chi connectivity index (χ0n) is 13.8. The van der Waals surface area contributed by atoms with Crippen molar-refractivity contribution in [3.8, 4) is 11.5 Å². The number of rotatable bonds is 5. The van der Waals surface area contributed by atoms with E-state index in [-0.39, 0.29) is 17.7 Å². The fourth-order valence-electron chi connectivity index (χ4n) is 2.19. The molecule has 0 N–H and O–H groups in total. The van der Waals surface area contributed by atoms with Crippen molar-refractivity contribution < 1.29 is 19.0 Å². The second-order valence-electron chi connectivity index (χ2n) is 5.07. The van der Waals surface area contributed by atoms with E-state index in [0.29, 0.717) is 27.2 Å². The second-order valence-corrected chi connectivity index (χ2v) is 6.11. The van der Waals surface area contributed by atoms with Gasteiger partial charge in [-0.3, -0.25) is 4.79 Å². The van der Waals surface area contributed by atoms with Gasteiger partial charge < -0.3 is 14.2 Å². The molecule has 0 bridgehead atoms. The molecule has 0 amide bonds. The highest BCUT2D eigenvalue weighted by atomic mass is 32.1. The zero-order valence-corrected chi connectivity index (χ0v) is 14.6. The van der Waals surface area contributed by atoms with Crippen molar-refractivity contribution in [1.82, 2.24) is 14.6 Å². The number of aryl methyl sites for hydroxylation is 1. The summed E-state index contributed by atoms with van der Waals surface area (Å²) in [7, 11) is 2.98. The van der Waals surface area contributed by atoms with Gasteiger partial charge in [0.1, 0.15) is 23.7 Å². The van der Waals surface area contributed by atoms with E-state index in [1.165, 1.54) is 36.1 Å². The normalized spacial score (nSPS) is 10.7. The van der Waals surface area contributed by atoms with Gasteiger partial charge in [0.15, 0.2) is 5.01 Å². The predicted molar refractivity (Wildman–Crippen MR) is 90.5 cm³/mol. The molecule has 25 heavy (non-hydrogen) atoms. The first-order chi connectivity index (χ1) is 12.0. The number of aromatic nitrogens is 3. The molecule has 1 aromatic carbocycles. The third kappa shape index (κ3) is 3.45. The molecule has 0 aliphatic carbocycles. The molecule has 0 atom stereocenters. The molecule has 3 rings (SSSR count). The highest BCUT2D eigenvalue weighted by Gasteiger charge is 2.16. The van der Waals surface area contributed by atoms with Crippen LogP contribution in [0.4, 0.5) is 0 Å². The van der Waals surface area contributed by atoms with E-state index in [9.17, 15) is 9.59 Å². The molecule has 130 valence electrons. The van der Waals surface area contributed by atoms with E-state index in [4.69, 9.17) is 14.2 Å². The smallest absolute Gasteiger partial charge is 0.342 e. The minimum Gasteiger partial charge on any atom is -0.497 e. The van der Waals surface area contributed by atoms with Crippen LogP contribution in [-0.4, -0.2) is 34.8 Å². The Kier molecular flexibility index (Phi) is 4.66. The molecule has 2 aromatic heterocycles. The molecule has 0 spiro atoms. The molecule has 0 saturated heterocycles. The average Bonchev–Trinajstić information content (AvgIpc) is 3.02. The van der Waals surface area contributed by atoms with Crippen LogP contribution in [0.3, 0.4) is 0 Å². The number of hydrogen-bond donors (Lipinski definition) is 0. The number of hydrogen-bond acceptors (Lipinski definition) is 8. The van der Waals surface area contributed by atoms with Crippen LogP contribution in [0.2, 0.25) is 0 Å². The third-order valence-corrected chi connectivity index (χ3v) is 4.25. The van der Waals surface area contributed by atoms with Crippen LogP contribution in [0, 0.1) is 6.92 Å². The maximum absolute atomic E-state index is 12.3. The molecule has 0 aliphatic heterocycles. The van der Waals surface area contributed by atoms with Crippen molar-refractivity contribution in [3.05, 3.63) is 50.9 Å². The summed E-state index contributed by atoms with van der Waals surface area (Å²) in [5.74, 6) is 0.359. The van der Waals surface area contributed by atoms with E-state index in [1.54, 1.807) is 25.1 Å². The highest BCUT2D eigenvalue weighted by Crippen LogP contribution is 2.25. The lowest BCUT2D eigenvalue weighted by atomic mass is 10.2. The first-order valence-corrected chi connectivity index (χ1v) is 8.09. The summed E-state index contributed by atoms with van der Waals surface area (Å²) in [5.41, 5.74) is 0.615. The lowest BCUT2D eigenvalue weighted by molar-refractivity contribution is 0.0467. The molecular weight excluding hydrogens is 346 g/mol. The fourth-order valence-corrected chi connectivity index (χ4v) is 3.05. The summed E-state index contributed by atoms with van der Waals surface area (Å²) in [6, 6.07) is 6.20. The van der Waals surface area contributed by atoms with Gasteiger partial charge in [-0.25, -0.2) is 9.78 Å². The Morgan fingerprint density at radius 1 is 1.24 bits per heavy atom. The van der Waals surface area contributed by atoms with Crippen LogP contribution in [0.1, 0.15) is 21.1 Å². The van der Waals surface area contributed by atoms with E-state index in [2.05, 4.69) is 10.1 Å². The van der Waals surface area contributed by atoms with Gasteiger partial charge in [0.25, 0.3) is 5.56 Å². The molecule has 2 heterocycles. The summed E-state index contributed by atoms with van der Waals surface area (Å²) in [6.07, 6.45) is 0. The molecule has 0 saturated carbocycles. The standard InChI is InChI=1S/C16H15N3O5S/c1-9-6-14(20)19-16(17-9)25-13(18-19)8-24-15(21)11-5-4-10(22-2)7-12(11)23-3/h4-7H,8H2,1-3H3. The van der Waals surface area contributed by atoms with Gasteiger partial charge in [-0.2, -0.15) is 9.61 Å². The second kappa shape index (κ2) is 6.89. The molecule has 0 unspecified atom stereocenters. The lowest BCUT2D eigenvalue weighted by Crippen LogP contribution is -2.14. The lowest BCUT2D eigenvalue weighted by Gasteiger charge is -2.09. The molecule has 8 nitrogen and oxygen atoms in total. The van der Waals surface area contributed by atoms with Gasteiger partial charge in [-0.15, -0.1) is 0 Å². The summed E-state index contributed by atoms with van der Waals surface area (Å²) < 4.78 is 16.7. The molecule has 0 fully saturated rings. The van der Waals surface area contributed by atoms with Crippen molar-refractivity contribution in [2.24, 2.45) is 0 Å². The number of fused-ring (bicyclic) bond motifs is 1. The SMILES string of the molecule is COc1ccc(C(=O)OCc2nn3c(=O)cc(C)nc3s2)c(OC)c1. The zero-order chi connectivity index (χ0) is 18.0. The van der Waals surface area contributed by atoms with Gasteiger partial charge in [0.05, 0.1) is 14.2 Å². The topological polar surface area (TPSA) is 92.0 Å². The van der Waals surface area contributed by atoms with Crippen LogP contribution in [-0.2, 0) is 11.3 Å². The van der Waals surface area contributed by atoms with Crippen LogP contribution >= 0.6 is 11.3 Å². The fraction of sp³-hybridized carbons (Fsp3) is 0.250.